The van der Waals surface area contributed by atoms with Crippen molar-refractivity contribution in [3.05, 3.63) is 218 Å². The van der Waals surface area contributed by atoms with Crippen molar-refractivity contribution in [2.24, 2.45) is 5.92 Å². The van der Waals surface area contributed by atoms with Crippen LogP contribution in [0, 0.1) is 5.92 Å². The van der Waals surface area contributed by atoms with Crippen molar-refractivity contribution in [2.75, 3.05) is 64.0 Å². The zero-order chi connectivity index (χ0) is 84.1. The van der Waals surface area contributed by atoms with Crippen molar-refractivity contribution < 1.29 is 17.7 Å². The van der Waals surface area contributed by atoms with Crippen LogP contribution in [0.1, 0.15) is 129 Å². The lowest BCUT2D eigenvalue weighted by Crippen LogP contribution is -2.26. The number of nitrogens with one attached hydrogen (secondary N) is 9. The molecule has 9 N–H and O–H groups in total. The minimum absolute atomic E-state index is 0.0269. The summed E-state index contributed by atoms with van der Waals surface area (Å²) in [6, 6.07) is 74.4. The van der Waals surface area contributed by atoms with Crippen LogP contribution in [0.25, 0.3) is 98.7 Å². The Bertz CT molecular complexity index is 5550. The van der Waals surface area contributed by atoms with E-state index in [0.717, 1.165) is 164 Å². The molecule has 0 saturated carbocycles. The summed E-state index contributed by atoms with van der Waals surface area (Å²) in [4.78, 5) is 52.4. The van der Waals surface area contributed by atoms with Crippen molar-refractivity contribution in [3.63, 3.8) is 0 Å². The van der Waals surface area contributed by atoms with Gasteiger partial charge in [0.25, 0.3) is 24.1 Å². The second-order valence-electron chi connectivity index (χ2n) is 29.0. The minimum Gasteiger partial charge on any atom is -0.424 e. The van der Waals surface area contributed by atoms with E-state index in [2.05, 4.69) is 206 Å². The number of aromatic amines is 4. The van der Waals surface area contributed by atoms with E-state index < -0.39 is 0 Å². The first-order valence-electron chi connectivity index (χ1n) is 40.6. The molecule has 22 nitrogen and oxygen atoms in total. The molecule has 119 heavy (non-hydrogen) atoms. The largest absolute Gasteiger partial charge is 0.424 e. The summed E-state index contributed by atoms with van der Waals surface area (Å²) in [5.41, 5.74) is 16.7. The average Bonchev–Trinajstić information content (AvgIpc) is 1.71. The number of anilines is 5. The SMILES string of the molecule is CC(C)(C)Nc1nc2ccccc2o1.CC(C)CNc1nc2ccccc2o1.CC(C)Sc1nc2ccccc2[nH]1.CCC(C)Nc1nc2ccccc2o1.CCCCNc1nc2ccccc2o1.CCCCNc1nc2ccccc2s1.CCCSc1nc2ccccc2[nH]1.CCSc1nc2ccccc2[nH]1.CSc1nc2ccccc2[nH]1. The lowest BCUT2D eigenvalue weighted by atomic mass is 10.1. The van der Waals surface area contributed by atoms with Gasteiger partial charge in [0.1, 0.15) is 22.1 Å². The molecule has 27 heteroatoms. The van der Waals surface area contributed by atoms with Crippen LogP contribution in [0.5, 0.6) is 0 Å². The molecule has 9 heterocycles. The number of H-pyrrole nitrogens is 4. The maximum Gasteiger partial charge on any atom is 0.296 e. The molecule has 0 saturated heterocycles. The average molecular weight is 1690 g/mol. The van der Waals surface area contributed by atoms with Crippen LogP contribution in [0.3, 0.4) is 0 Å². The number of hydrogen-bond acceptors (Lipinski definition) is 23. The van der Waals surface area contributed by atoms with E-state index in [1.165, 1.54) is 30.4 Å². The Morgan fingerprint density at radius 1 is 0.387 bits per heavy atom. The number of aromatic nitrogens is 13. The first-order valence-corrected chi connectivity index (χ1v) is 45.5. The molecule has 624 valence electrons. The summed E-state index contributed by atoms with van der Waals surface area (Å²) in [5, 5.41) is 21.7. The first kappa shape index (κ1) is 90.4. The highest BCUT2D eigenvalue weighted by Gasteiger charge is 2.15. The minimum atomic E-state index is -0.0269. The fourth-order valence-corrected chi connectivity index (χ4v) is 14.4. The molecule has 0 amide bonds. The summed E-state index contributed by atoms with van der Waals surface area (Å²) in [6.45, 7) is 30.6. The maximum atomic E-state index is 5.52. The van der Waals surface area contributed by atoms with Crippen molar-refractivity contribution in [1.82, 2.24) is 64.8 Å². The zero-order valence-electron chi connectivity index (χ0n) is 70.5. The number of rotatable bonds is 23. The number of thiazole rings is 1. The van der Waals surface area contributed by atoms with Crippen LogP contribution in [-0.4, -0.2) is 119 Å². The Kier molecular flexibility index (Phi) is 36.1. The van der Waals surface area contributed by atoms with Crippen LogP contribution < -0.4 is 26.6 Å². The molecule has 0 radical (unpaired) electrons. The van der Waals surface area contributed by atoms with E-state index >= 15 is 0 Å². The van der Waals surface area contributed by atoms with Gasteiger partial charge in [-0.1, -0.05) is 243 Å². The lowest BCUT2D eigenvalue weighted by molar-refractivity contribution is 0.555. The van der Waals surface area contributed by atoms with E-state index in [1.54, 1.807) is 58.4 Å². The van der Waals surface area contributed by atoms with Gasteiger partial charge in [-0.05, 0) is 180 Å². The van der Waals surface area contributed by atoms with Gasteiger partial charge in [0.05, 0.1) is 54.4 Å². The highest BCUT2D eigenvalue weighted by Crippen LogP contribution is 2.29. The van der Waals surface area contributed by atoms with Gasteiger partial charge in [0.2, 0.25) is 0 Å². The molecule has 0 spiro atoms. The molecule has 9 aromatic heterocycles. The third-order valence-corrected chi connectivity index (χ3v) is 21.2. The van der Waals surface area contributed by atoms with Gasteiger partial charge in [-0.3, -0.25) is 0 Å². The summed E-state index contributed by atoms with van der Waals surface area (Å²) < 4.78 is 23.3. The fraction of sp³-hybridized carbons (Fsp3) is 0.315. The Labute approximate surface area is 718 Å². The number of oxazole rings is 4. The number of nitrogens with zero attached hydrogens (tertiary/aromatic N) is 9. The summed E-state index contributed by atoms with van der Waals surface area (Å²) in [7, 11) is 0. The van der Waals surface area contributed by atoms with Gasteiger partial charge in [-0.15, -0.1) is 0 Å². The topological polar surface area (TPSA) is 292 Å². The van der Waals surface area contributed by atoms with Crippen molar-refractivity contribution >= 4 is 186 Å². The second kappa shape index (κ2) is 47.6. The van der Waals surface area contributed by atoms with Crippen molar-refractivity contribution in [1.29, 1.82) is 0 Å². The highest BCUT2D eigenvalue weighted by molar-refractivity contribution is 8.00. The lowest BCUT2D eigenvalue weighted by Gasteiger charge is -2.18. The summed E-state index contributed by atoms with van der Waals surface area (Å²) in [5.74, 6) is 2.77. The van der Waals surface area contributed by atoms with Gasteiger partial charge >= 0.3 is 0 Å². The summed E-state index contributed by atoms with van der Waals surface area (Å²) >= 11 is 8.62. The van der Waals surface area contributed by atoms with Gasteiger partial charge in [0, 0.05) is 42.2 Å². The molecular formula is C92H112N18O4S5. The smallest absolute Gasteiger partial charge is 0.296 e. The van der Waals surface area contributed by atoms with Gasteiger partial charge in [0.15, 0.2) is 48.1 Å². The molecule has 9 aromatic carbocycles. The molecule has 0 aliphatic rings. The third-order valence-electron chi connectivity index (χ3n) is 16.9. The van der Waals surface area contributed by atoms with Crippen LogP contribution in [0.2, 0.25) is 0 Å². The van der Waals surface area contributed by atoms with E-state index in [0.29, 0.717) is 41.3 Å². The molecule has 18 rings (SSSR count). The van der Waals surface area contributed by atoms with Gasteiger partial charge < -0.3 is 64.2 Å². The Morgan fingerprint density at radius 2 is 0.765 bits per heavy atom. The first-order chi connectivity index (χ1) is 57.8. The predicted octanol–water partition coefficient (Wildman–Crippen LogP) is 26.6. The highest BCUT2D eigenvalue weighted by atomic mass is 32.2. The number of hydrogen-bond donors (Lipinski definition) is 9. The Morgan fingerprint density at radius 3 is 1.18 bits per heavy atom. The fourth-order valence-electron chi connectivity index (χ4n) is 10.9. The van der Waals surface area contributed by atoms with Gasteiger partial charge in [-0.2, -0.15) is 19.9 Å². The van der Waals surface area contributed by atoms with Crippen molar-refractivity contribution in [3.8, 4) is 0 Å². The van der Waals surface area contributed by atoms with E-state index in [-0.39, 0.29) is 5.54 Å². The van der Waals surface area contributed by atoms with Crippen LogP contribution in [0.15, 0.2) is 257 Å². The number of benzene rings is 9. The quantitative estimate of drug-likeness (QED) is 0.0212. The van der Waals surface area contributed by atoms with Crippen LogP contribution in [-0.2, 0) is 0 Å². The second-order valence-corrected chi connectivity index (χ2v) is 34.7. The summed E-state index contributed by atoms with van der Waals surface area (Å²) in [6.07, 6.45) is 8.98. The monoisotopic (exact) mass is 1690 g/mol. The molecule has 1 atom stereocenters. The number of imidazole rings is 4. The Balaban J connectivity index is 0.000000141. The molecule has 0 fully saturated rings. The number of unbranched alkanes of at least 4 members (excludes halogenated alkanes) is 2. The Hall–Kier alpha value is -11.0. The standard InChI is InChI=1S/4C11H14N2O.C11H14N2S.2C10H12N2S.C9H10N2S.C8H8N2S/c1-11(2,3)13-10-12-8-6-4-5-7-9(8)14-10;1-8(2)7-12-11-13-9-5-3-4-6-10(9)14-11;1-3-8(2)12-11-13-9-6-4-5-7-10(9)14-11;2*1-2-3-8-12-11-13-9-6-4-5-7-10(9)14-11;1-7(2)13-10-11-8-5-3-4-6-9(8)12-10;1-2-7-13-10-11-8-5-3-4-6-9(8)12-10;1-2-12-9-10-7-5-3-4-6-8(7)11-9;1-11-8-9-6-4-2-3-5-7(6)10-8/h4-7H,1-3H3,(H,12,13);3-6,8H,7H2,1-2H3,(H,12,13);4-8H,3H2,1-2H3,(H,12,13);2*4-7H,2-3,8H2,1H3,(H,12,13);3-7H,1-2H3,(H,11,12);3-6H,2,7H2,1H3,(H,11,12);3-6H,2H2,1H3,(H,10,11);2-5H,1H3,(H,9,10). The molecule has 18 aromatic rings. The van der Waals surface area contributed by atoms with E-state index in [1.807, 2.05) is 200 Å². The van der Waals surface area contributed by atoms with Crippen molar-refractivity contribution in [2.45, 2.75) is 166 Å². The van der Waals surface area contributed by atoms with Crippen LogP contribution in [0.4, 0.5) is 29.2 Å². The number of fused-ring (bicyclic) bond motifs is 9. The molecule has 0 aliphatic carbocycles. The number of para-hydroxylation sites is 17. The molecular weight excluding hydrogens is 1580 g/mol. The third kappa shape index (κ3) is 29.8. The predicted molar refractivity (Wildman–Crippen MR) is 507 cm³/mol. The maximum absolute atomic E-state index is 5.52. The zero-order valence-corrected chi connectivity index (χ0v) is 74.6. The van der Waals surface area contributed by atoms with E-state index in [9.17, 15) is 0 Å². The van der Waals surface area contributed by atoms with Gasteiger partial charge in [-0.25, -0.2) is 24.9 Å². The molecule has 0 bridgehead atoms. The van der Waals surface area contributed by atoms with E-state index in [4.69, 9.17) is 17.7 Å². The molecule has 0 aliphatic heterocycles. The normalized spacial score (nSPS) is 11.2. The molecule has 1 unspecified atom stereocenters. The van der Waals surface area contributed by atoms with Crippen LogP contribution >= 0.6 is 58.4 Å². The number of thioether (sulfide) groups is 4.